The van der Waals surface area contributed by atoms with Crippen LogP contribution in [0.1, 0.15) is 25.8 Å². The average Bonchev–Trinajstić information content (AvgIpc) is 2.66. The van der Waals surface area contributed by atoms with Gasteiger partial charge in [-0.15, -0.1) is 0 Å². The van der Waals surface area contributed by atoms with Crippen molar-refractivity contribution in [2.75, 3.05) is 5.73 Å². The van der Waals surface area contributed by atoms with E-state index in [2.05, 4.69) is 9.97 Å². The van der Waals surface area contributed by atoms with E-state index in [9.17, 15) is 4.79 Å². The van der Waals surface area contributed by atoms with Gasteiger partial charge in [-0.3, -0.25) is 4.79 Å². The molecular weight excluding hydrogens is 250 g/mol. The lowest BCUT2D eigenvalue weighted by atomic mass is 9.97. The van der Waals surface area contributed by atoms with Gasteiger partial charge in [0.25, 0.3) is 0 Å². The number of thiazole rings is 1. The van der Waals surface area contributed by atoms with Gasteiger partial charge in [-0.25, -0.2) is 9.97 Å². The van der Waals surface area contributed by atoms with Crippen LogP contribution in [0.15, 0.2) is 12.3 Å². The molecule has 18 heavy (non-hydrogen) atoms. The van der Waals surface area contributed by atoms with Gasteiger partial charge in [0.15, 0.2) is 0 Å². The van der Waals surface area contributed by atoms with Crippen LogP contribution in [0, 0.1) is 5.41 Å². The molecule has 2 aromatic heterocycles. The third-order valence-corrected chi connectivity index (χ3v) is 3.20. The van der Waals surface area contributed by atoms with Crippen LogP contribution in [0.4, 0.5) is 5.69 Å². The summed E-state index contributed by atoms with van der Waals surface area (Å²) < 4.78 is 5.20. The Kier molecular flexibility index (Phi) is 3.21. The highest BCUT2D eigenvalue weighted by molar-refractivity contribution is 7.18. The normalized spacial score (nSPS) is 11.7. The minimum atomic E-state index is -0.501. The molecule has 0 saturated heterocycles. The van der Waals surface area contributed by atoms with Crippen molar-refractivity contribution in [3.8, 4) is 0 Å². The number of carbonyl (C=O) groups is 1. The maximum Gasteiger partial charge on any atom is 0.311 e. The minimum absolute atomic E-state index is 0.178. The van der Waals surface area contributed by atoms with Crippen molar-refractivity contribution < 1.29 is 9.53 Å². The second-order valence-corrected chi connectivity index (χ2v) is 6.09. The van der Waals surface area contributed by atoms with Crippen molar-refractivity contribution in [3.05, 3.63) is 17.3 Å². The van der Waals surface area contributed by atoms with Crippen LogP contribution in [0.5, 0.6) is 0 Å². The highest BCUT2D eigenvalue weighted by Gasteiger charge is 2.23. The SMILES string of the molecule is CC(C)(C)C(=O)OCc1nc2cc(N)cnc2s1. The maximum atomic E-state index is 11.6. The number of nitrogen functional groups attached to an aromatic ring is 1. The van der Waals surface area contributed by atoms with Gasteiger partial charge >= 0.3 is 5.97 Å². The number of carbonyl (C=O) groups excluding carboxylic acids is 1. The van der Waals surface area contributed by atoms with Crippen molar-refractivity contribution in [2.24, 2.45) is 5.41 Å². The summed E-state index contributed by atoms with van der Waals surface area (Å²) in [5.41, 5.74) is 6.44. The summed E-state index contributed by atoms with van der Waals surface area (Å²) >= 11 is 1.40. The predicted octanol–water partition coefficient (Wildman–Crippen LogP) is 2.36. The van der Waals surface area contributed by atoms with E-state index in [0.29, 0.717) is 5.69 Å². The number of hydrogen-bond donors (Lipinski definition) is 1. The Morgan fingerprint density at radius 3 is 2.89 bits per heavy atom. The molecule has 0 aliphatic heterocycles. The zero-order valence-corrected chi connectivity index (χ0v) is 11.4. The van der Waals surface area contributed by atoms with Crippen molar-refractivity contribution in [1.82, 2.24) is 9.97 Å². The van der Waals surface area contributed by atoms with Crippen LogP contribution in [-0.4, -0.2) is 15.9 Å². The molecule has 0 bridgehead atoms. The molecule has 0 fully saturated rings. The second kappa shape index (κ2) is 4.53. The van der Waals surface area contributed by atoms with Crippen LogP contribution in [0.25, 0.3) is 10.3 Å². The van der Waals surface area contributed by atoms with Crippen LogP contribution in [0.2, 0.25) is 0 Å². The summed E-state index contributed by atoms with van der Waals surface area (Å²) in [5, 5.41) is 0.723. The first-order valence-electron chi connectivity index (χ1n) is 5.54. The summed E-state index contributed by atoms with van der Waals surface area (Å²) in [6.07, 6.45) is 1.59. The van der Waals surface area contributed by atoms with Gasteiger partial charge in [0.1, 0.15) is 22.0 Å². The van der Waals surface area contributed by atoms with E-state index in [1.807, 2.05) is 20.8 Å². The quantitative estimate of drug-likeness (QED) is 0.843. The van der Waals surface area contributed by atoms with Crippen LogP contribution in [-0.2, 0) is 16.1 Å². The molecule has 0 aliphatic carbocycles. The standard InChI is InChI=1S/C12H15N3O2S/c1-12(2,3)11(16)17-6-9-15-8-4-7(13)5-14-10(8)18-9/h4-5H,6,13H2,1-3H3. The Morgan fingerprint density at radius 2 is 2.22 bits per heavy atom. The van der Waals surface area contributed by atoms with Crippen LogP contribution < -0.4 is 5.73 Å². The first-order chi connectivity index (χ1) is 8.36. The fourth-order valence-corrected chi connectivity index (χ4v) is 2.09. The van der Waals surface area contributed by atoms with E-state index in [-0.39, 0.29) is 12.6 Å². The van der Waals surface area contributed by atoms with Gasteiger partial charge in [0.05, 0.1) is 17.3 Å². The van der Waals surface area contributed by atoms with Crippen molar-refractivity contribution in [2.45, 2.75) is 27.4 Å². The number of fused-ring (bicyclic) bond motifs is 1. The molecule has 2 rings (SSSR count). The molecule has 0 atom stereocenters. The predicted molar refractivity (Wildman–Crippen MR) is 71.1 cm³/mol. The average molecular weight is 265 g/mol. The Hall–Kier alpha value is -1.69. The molecule has 0 aliphatic rings. The summed E-state index contributed by atoms with van der Waals surface area (Å²) in [4.78, 5) is 20.9. The fraction of sp³-hybridized carbons (Fsp3) is 0.417. The number of esters is 1. The lowest BCUT2D eigenvalue weighted by molar-refractivity contribution is -0.154. The van der Waals surface area contributed by atoms with Gasteiger partial charge in [0, 0.05) is 0 Å². The van der Waals surface area contributed by atoms with Crippen LogP contribution in [0.3, 0.4) is 0 Å². The molecular formula is C12H15N3O2S. The molecule has 0 amide bonds. The first kappa shape index (κ1) is 12.8. The van der Waals surface area contributed by atoms with Gasteiger partial charge in [-0.2, -0.15) is 0 Å². The van der Waals surface area contributed by atoms with E-state index in [1.165, 1.54) is 11.3 Å². The van der Waals surface area contributed by atoms with Crippen molar-refractivity contribution in [1.29, 1.82) is 0 Å². The van der Waals surface area contributed by atoms with Crippen molar-refractivity contribution >= 4 is 33.3 Å². The van der Waals surface area contributed by atoms with E-state index >= 15 is 0 Å². The number of anilines is 1. The van der Waals surface area contributed by atoms with Gasteiger partial charge < -0.3 is 10.5 Å². The third kappa shape index (κ3) is 2.76. The topological polar surface area (TPSA) is 78.1 Å². The molecule has 2 aromatic rings. The molecule has 0 aromatic carbocycles. The number of nitrogens with zero attached hydrogens (tertiary/aromatic N) is 2. The molecule has 96 valence electrons. The Labute approximate surface area is 109 Å². The van der Waals surface area contributed by atoms with Gasteiger partial charge in [-0.1, -0.05) is 11.3 Å². The Bertz CT molecular complexity index is 587. The Morgan fingerprint density at radius 1 is 1.50 bits per heavy atom. The molecule has 2 heterocycles. The third-order valence-electron chi connectivity index (χ3n) is 2.25. The molecule has 0 spiro atoms. The number of nitrogens with two attached hydrogens (primary N) is 1. The second-order valence-electron chi connectivity index (χ2n) is 5.03. The first-order valence-corrected chi connectivity index (χ1v) is 6.36. The molecule has 0 saturated carbocycles. The minimum Gasteiger partial charge on any atom is -0.458 e. The van der Waals surface area contributed by atoms with Crippen molar-refractivity contribution in [3.63, 3.8) is 0 Å². The smallest absolute Gasteiger partial charge is 0.311 e. The zero-order valence-electron chi connectivity index (χ0n) is 10.6. The lowest BCUT2D eigenvalue weighted by Crippen LogP contribution is -2.22. The molecule has 5 nitrogen and oxygen atoms in total. The van der Waals surface area contributed by atoms with Gasteiger partial charge in [-0.05, 0) is 26.8 Å². The van der Waals surface area contributed by atoms with Crippen LogP contribution >= 0.6 is 11.3 Å². The summed E-state index contributed by atoms with van der Waals surface area (Å²) in [6.45, 7) is 5.62. The fourth-order valence-electron chi connectivity index (χ4n) is 1.29. The highest BCUT2D eigenvalue weighted by Crippen LogP contribution is 2.23. The van der Waals surface area contributed by atoms with E-state index in [0.717, 1.165) is 15.4 Å². The van der Waals surface area contributed by atoms with E-state index < -0.39 is 5.41 Å². The van der Waals surface area contributed by atoms with Gasteiger partial charge in [0.2, 0.25) is 0 Å². The zero-order chi connectivity index (χ0) is 13.3. The highest BCUT2D eigenvalue weighted by atomic mass is 32.1. The van der Waals surface area contributed by atoms with E-state index in [1.54, 1.807) is 12.3 Å². The monoisotopic (exact) mass is 265 g/mol. The molecule has 0 radical (unpaired) electrons. The summed E-state index contributed by atoms with van der Waals surface area (Å²) in [5.74, 6) is -0.241. The number of ether oxygens (including phenoxy) is 1. The molecule has 2 N–H and O–H groups in total. The molecule has 6 heteroatoms. The van der Waals surface area contributed by atoms with E-state index in [4.69, 9.17) is 10.5 Å². The number of aromatic nitrogens is 2. The number of rotatable bonds is 2. The summed E-state index contributed by atoms with van der Waals surface area (Å²) in [7, 11) is 0. The largest absolute Gasteiger partial charge is 0.458 e. The Balaban J connectivity index is 2.11. The lowest BCUT2D eigenvalue weighted by Gasteiger charge is -2.15. The number of pyridine rings is 1. The summed E-state index contributed by atoms with van der Waals surface area (Å²) in [6, 6.07) is 1.76. The molecule has 0 unspecified atom stereocenters. The maximum absolute atomic E-state index is 11.6. The number of hydrogen-bond acceptors (Lipinski definition) is 6.